The Labute approximate surface area is 200 Å². The molecule has 0 saturated carbocycles. The Hall–Kier alpha value is -3.53. The average molecular weight is 486 g/mol. The quantitative estimate of drug-likeness (QED) is 0.389. The molecule has 1 fully saturated rings. The number of nitrogens with zero attached hydrogens (tertiary/aromatic N) is 3. The van der Waals surface area contributed by atoms with Crippen LogP contribution in [0.5, 0.6) is 5.75 Å². The van der Waals surface area contributed by atoms with E-state index in [-0.39, 0.29) is 11.9 Å². The van der Waals surface area contributed by atoms with Crippen LogP contribution in [0.2, 0.25) is 0 Å². The first-order valence-corrected chi connectivity index (χ1v) is 11.5. The molecule has 0 aliphatic carbocycles. The van der Waals surface area contributed by atoms with Crippen LogP contribution in [0.3, 0.4) is 0 Å². The van der Waals surface area contributed by atoms with Gasteiger partial charge < -0.3 is 20.2 Å². The third-order valence-corrected chi connectivity index (χ3v) is 6.32. The number of fused-ring (bicyclic) bond motifs is 1. The fourth-order valence-electron chi connectivity index (χ4n) is 4.47. The van der Waals surface area contributed by atoms with Crippen molar-refractivity contribution in [2.75, 3.05) is 18.8 Å². The maximum Gasteiger partial charge on any atom is 0.416 e. The zero-order valence-corrected chi connectivity index (χ0v) is 19.2. The number of nitrogens with one attached hydrogen (secondary N) is 1. The highest BCUT2D eigenvalue weighted by atomic mass is 19.4. The van der Waals surface area contributed by atoms with Gasteiger partial charge in [0.15, 0.2) is 11.4 Å². The zero-order valence-electron chi connectivity index (χ0n) is 19.2. The zero-order chi connectivity index (χ0) is 24.6. The number of anilines is 1. The van der Waals surface area contributed by atoms with Crippen LogP contribution in [0.4, 0.5) is 19.0 Å². The van der Waals surface area contributed by atoms with Crippen LogP contribution in [0.25, 0.3) is 22.1 Å². The van der Waals surface area contributed by atoms with Crippen LogP contribution >= 0.6 is 0 Å². The van der Waals surface area contributed by atoms with Gasteiger partial charge in [0.05, 0.1) is 23.2 Å². The van der Waals surface area contributed by atoms with Gasteiger partial charge in [0.2, 0.25) is 5.75 Å². The topological polar surface area (TPSA) is 91.1 Å². The summed E-state index contributed by atoms with van der Waals surface area (Å²) < 4.78 is 52.4. The third kappa shape index (κ3) is 4.84. The van der Waals surface area contributed by atoms with Crippen molar-refractivity contribution in [2.45, 2.75) is 44.5 Å². The van der Waals surface area contributed by atoms with E-state index in [1.807, 2.05) is 24.0 Å². The summed E-state index contributed by atoms with van der Waals surface area (Å²) in [5.41, 5.74) is 8.37. The molecule has 1 saturated heterocycles. The third-order valence-electron chi connectivity index (χ3n) is 6.32. The molecule has 10 heteroatoms. The number of halogens is 3. The van der Waals surface area contributed by atoms with Crippen molar-refractivity contribution in [2.24, 2.45) is 0 Å². The number of furan rings is 1. The van der Waals surface area contributed by atoms with Crippen molar-refractivity contribution >= 4 is 16.8 Å². The lowest BCUT2D eigenvalue weighted by atomic mass is 10.1. The highest BCUT2D eigenvalue weighted by Crippen LogP contribution is 2.38. The molecule has 7 nitrogen and oxygen atoms in total. The normalized spacial score (nSPS) is 16.0. The number of hydrogen-bond acceptors (Lipinski definition) is 6. The van der Waals surface area contributed by atoms with E-state index in [1.165, 1.54) is 12.1 Å². The van der Waals surface area contributed by atoms with Crippen LogP contribution in [0.1, 0.15) is 36.9 Å². The highest BCUT2D eigenvalue weighted by molar-refractivity contribution is 5.97. The predicted molar refractivity (Wildman–Crippen MR) is 126 cm³/mol. The van der Waals surface area contributed by atoms with Crippen molar-refractivity contribution in [1.29, 1.82) is 0 Å². The van der Waals surface area contributed by atoms with Gasteiger partial charge >= 0.3 is 6.18 Å². The summed E-state index contributed by atoms with van der Waals surface area (Å²) in [6, 6.07) is 5.41. The number of hydrogen-bond donors (Lipinski definition) is 2. The Balaban J connectivity index is 1.36. The van der Waals surface area contributed by atoms with Crippen LogP contribution < -0.4 is 15.8 Å². The molecule has 4 aromatic rings. The van der Waals surface area contributed by atoms with Gasteiger partial charge in [-0.3, -0.25) is 4.68 Å². The van der Waals surface area contributed by atoms with Crippen LogP contribution in [0.15, 0.2) is 53.5 Å². The number of benzene rings is 1. The first-order valence-electron chi connectivity index (χ1n) is 11.5. The molecule has 3 aromatic heterocycles. The monoisotopic (exact) mass is 485 g/mol. The Bertz CT molecular complexity index is 1310. The van der Waals surface area contributed by atoms with Crippen molar-refractivity contribution in [3.05, 3.63) is 60.2 Å². The Morgan fingerprint density at radius 1 is 1.20 bits per heavy atom. The molecule has 184 valence electrons. The van der Waals surface area contributed by atoms with Crippen molar-refractivity contribution in [3.63, 3.8) is 0 Å². The molecular weight excluding hydrogens is 459 g/mol. The number of aromatic nitrogens is 3. The second kappa shape index (κ2) is 9.26. The van der Waals surface area contributed by atoms with E-state index in [0.29, 0.717) is 23.8 Å². The second-order valence-electron chi connectivity index (χ2n) is 8.88. The molecule has 0 amide bonds. The minimum Gasteiger partial charge on any atom is -0.483 e. The van der Waals surface area contributed by atoms with Gasteiger partial charge in [-0.25, -0.2) is 4.98 Å². The molecule has 0 radical (unpaired) electrons. The van der Waals surface area contributed by atoms with Crippen molar-refractivity contribution < 1.29 is 22.3 Å². The average Bonchev–Trinajstić information content (AvgIpc) is 3.49. The number of nitrogen functional groups attached to an aromatic ring is 1. The SMILES string of the molecule is CC(Cc1ccc(C(F)(F)F)cc1)Oc1c(N)ncc2c(-c3cnn(C4CCNCC4)c3)coc12. The maximum atomic E-state index is 12.8. The molecule has 4 heterocycles. The van der Waals surface area contributed by atoms with E-state index >= 15 is 0 Å². The van der Waals surface area contributed by atoms with Crippen LogP contribution in [-0.4, -0.2) is 34.0 Å². The van der Waals surface area contributed by atoms with Gasteiger partial charge in [-0.05, 0) is 50.6 Å². The van der Waals surface area contributed by atoms with E-state index < -0.39 is 11.7 Å². The first-order chi connectivity index (χ1) is 16.8. The summed E-state index contributed by atoms with van der Waals surface area (Å²) in [5.74, 6) is 0.502. The van der Waals surface area contributed by atoms with Gasteiger partial charge in [-0.2, -0.15) is 18.3 Å². The van der Waals surface area contributed by atoms with E-state index in [0.717, 1.165) is 60.1 Å². The molecule has 1 aliphatic heterocycles. The molecule has 5 rings (SSSR count). The van der Waals surface area contributed by atoms with Crippen LogP contribution in [-0.2, 0) is 12.6 Å². The molecule has 1 unspecified atom stereocenters. The van der Waals surface area contributed by atoms with Gasteiger partial charge in [0, 0.05) is 29.9 Å². The number of rotatable bonds is 6. The summed E-state index contributed by atoms with van der Waals surface area (Å²) in [7, 11) is 0. The number of piperidine rings is 1. The summed E-state index contributed by atoms with van der Waals surface area (Å²) in [5, 5.41) is 8.67. The molecular formula is C25H26F3N5O2. The minimum atomic E-state index is -4.36. The van der Waals surface area contributed by atoms with E-state index in [1.54, 1.807) is 12.5 Å². The molecule has 0 spiro atoms. The number of ether oxygens (including phenoxy) is 1. The van der Waals surface area contributed by atoms with E-state index in [4.69, 9.17) is 14.9 Å². The molecule has 0 bridgehead atoms. The van der Waals surface area contributed by atoms with Gasteiger partial charge in [0.25, 0.3) is 0 Å². The number of pyridine rings is 1. The van der Waals surface area contributed by atoms with Crippen molar-refractivity contribution in [3.8, 4) is 16.9 Å². The first kappa shape index (κ1) is 23.2. The predicted octanol–water partition coefficient (Wildman–Crippen LogP) is 5.23. The summed E-state index contributed by atoms with van der Waals surface area (Å²) in [6.45, 7) is 3.77. The lowest BCUT2D eigenvalue weighted by Gasteiger charge is -2.22. The fourth-order valence-corrected chi connectivity index (χ4v) is 4.47. The van der Waals surface area contributed by atoms with Gasteiger partial charge in [-0.1, -0.05) is 12.1 Å². The van der Waals surface area contributed by atoms with Crippen molar-refractivity contribution in [1.82, 2.24) is 20.1 Å². The van der Waals surface area contributed by atoms with Gasteiger partial charge in [0.1, 0.15) is 12.4 Å². The lowest BCUT2D eigenvalue weighted by molar-refractivity contribution is -0.137. The summed E-state index contributed by atoms with van der Waals surface area (Å²) in [4.78, 5) is 4.29. The van der Waals surface area contributed by atoms with Gasteiger partial charge in [-0.15, -0.1) is 0 Å². The highest BCUT2D eigenvalue weighted by Gasteiger charge is 2.30. The Morgan fingerprint density at radius 2 is 1.94 bits per heavy atom. The molecule has 1 aliphatic rings. The molecule has 3 N–H and O–H groups in total. The smallest absolute Gasteiger partial charge is 0.416 e. The summed E-state index contributed by atoms with van der Waals surface area (Å²) in [6.07, 6.45) is 4.84. The largest absolute Gasteiger partial charge is 0.483 e. The second-order valence-corrected chi connectivity index (χ2v) is 8.88. The summed E-state index contributed by atoms with van der Waals surface area (Å²) >= 11 is 0. The fraction of sp³-hybridized carbons (Fsp3) is 0.360. The molecule has 1 atom stereocenters. The Morgan fingerprint density at radius 3 is 2.66 bits per heavy atom. The van der Waals surface area contributed by atoms with E-state index in [2.05, 4.69) is 15.4 Å². The minimum absolute atomic E-state index is 0.183. The molecule has 35 heavy (non-hydrogen) atoms. The Kier molecular flexibility index (Phi) is 6.14. The number of alkyl halides is 3. The van der Waals surface area contributed by atoms with Crippen LogP contribution in [0, 0.1) is 0 Å². The lowest BCUT2D eigenvalue weighted by Crippen LogP contribution is -2.29. The van der Waals surface area contributed by atoms with E-state index in [9.17, 15) is 13.2 Å². The standard InChI is InChI=1S/C25H26F3N5O2/c1-15(10-16-2-4-18(5-3-16)25(26,27)28)35-23-22-20(12-31-24(23)29)21(14-34-22)17-11-32-33(13-17)19-6-8-30-9-7-19/h2-5,11-15,19,30H,6-10H2,1H3,(H2,29,31). The molecule has 1 aromatic carbocycles. The number of nitrogens with two attached hydrogens (primary N) is 1. The maximum absolute atomic E-state index is 12.8.